The van der Waals surface area contributed by atoms with Gasteiger partial charge in [0.2, 0.25) is 0 Å². The van der Waals surface area contributed by atoms with Crippen molar-refractivity contribution in [3.05, 3.63) is 59.7 Å². The number of aromatic hydroxyl groups is 1. The predicted molar refractivity (Wildman–Crippen MR) is 84.4 cm³/mol. The van der Waals surface area contributed by atoms with Gasteiger partial charge in [0.25, 0.3) is 0 Å². The Morgan fingerprint density at radius 1 is 1.17 bits per heavy atom. The molecule has 23 heavy (non-hydrogen) atoms. The van der Waals surface area contributed by atoms with E-state index in [9.17, 15) is 15.0 Å². The second-order valence-corrected chi connectivity index (χ2v) is 5.26. The Balaban J connectivity index is 1.99. The lowest BCUT2D eigenvalue weighted by molar-refractivity contribution is -0.129. The molecular weight excluding hydrogens is 296 g/mol. The zero-order valence-corrected chi connectivity index (χ0v) is 12.5. The van der Waals surface area contributed by atoms with Crippen molar-refractivity contribution in [2.45, 2.75) is 12.5 Å². The maximum absolute atomic E-state index is 12.1. The normalized spacial score (nSPS) is 19.7. The molecule has 0 aromatic heterocycles. The van der Waals surface area contributed by atoms with Crippen molar-refractivity contribution in [3.8, 4) is 17.2 Å². The van der Waals surface area contributed by atoms with Crippen LogP contribution in [0.2, 0.25) is 0 Å². The van der Waals surface area contributed by atoms with Crippen LogP contribution in [0.5, 0.6) is 17.2 Å². The molecule has 2 aromatic carbocycles. The van der Waals surface area contributed by atoms with Crippen LogP contribution in [0, 0.1) is 0 Å². The summed E-state index contributed by atoms with van der Waals surface area (Å²) in [7, 11) is 1.53. The summed E-state index contributed by atoms with van der Waals surface area (Å²) in [4.78, 5) is 12.1. The molecule has 1 atom stereocenters. The molecule has 5 nitrogen and oxygen atoms in total. The van der Waals surface area contributed by atoms with Gasteiger partial charge in [0.1, 0.15) is 17.2 Å². The lowest BCUT2D eigenvalue weighted by Crippen LogP contribution is -2.20. The Hall–Kier alpha value is -2.79. The largest absolute Gasteiger partial charge is 0.508 e. The third kappa shape index (κ3) is 3.19. The second-order valence-electron chi connectivity index (χ2n) is 5.26. The molecule has 0 amide bonds. The molecule has 0 bridgehead atoms. The Morgan fingerprint density at radius 3 is 2.61 bits per heavy atom. The number of carbonyl (C=O) groups is 1. The number of ether oxygens (including phenoxy) is 2. The molecule has 0 spiro atoms. The lowest BCUT2D eigenvalue weighted by Gasteiger charge is -2.20. The van der Waals surface area contributed by atoms with Gasteiger partial charge in [-0.2, -0.15) is 0 Å². The van der Waals surface area contributed by atoms with Gasteiger partial charge in [-0.15, -0.1) is 0 Å². The van der Waals surface area contributed by atoms with Gasteiger partial charge < -0.3 is 19.7 Å². The fourth-order valence-electron chi connectivity index (χ4n) is 2.53. The minimum atomic E-state index is -0.862. The maximum atomic E-state index is 12.1. The number of rotatable bonds is 2. The number of carbonyl (C=O) groups excluding carboxylic acids is 1. The molecule has 3 rings (SSSR count). The highest BCUT2D eigenvalue weighted by molar-refractivity contribution is 5.94. The smallest absolute Gasteiger partial charge is 0.336 e. The van der Waals surface area contributed by atoms with Crippen molar-refractivity contribution in [2.24, 2.45) is 0 Å². The molecule has 1 aliphatic rings. The standard InChI is InChI=1S/C18H16O5/c1-22-14-7-4-12-8-16(20)15(10-18(21)23-17(12)9-14)11-2-5-13(19)6-3-11/h2-7,9-10,16,19-20H,8H2,1H3/b15-10-. The number of hydrogen-bond donors (Lipinski definition) is 2. The quantitative estimate of drug-likeness (QED) is 0.657. The zero-order chi connectivity index (χ0) is 16.4. The first-order valence-corrected chi connectivity index (χ1v) is 7.14. The van der Waals surface area contributed by atoms with Gasteiger partial charge in [-0.25, -0.2) is 4.79 Å². The van der Waals surface area contributed by atoms with Gasteiger partial charge in [-0.05, 0) is 34.9 Å². The molecule has 0 aliphatic carbocycles. The van der Waals surface area contributed by atoms with Crippen LogP contribution in [0.25, 0.3) is 5.57 Å². The van der Waals surface area contributed by atoms with Crippen LogP contribution in [-0.4, -0.2) is 29.4 Å². The number of hydrogen-bond acceptors (Lipinski definition) is 5. The number of phenolic OH excluding ortho intramolecular Hbond substituents is 1. The van der Waals surface area contributed by atoms with Crippen molar-refractivity contribution in [3.63, 3.8) is 0 Å². The van der Waals surface area contributed by atoms with Gasteiger partial charge >= 0.3 is 5.97 Å². The van der Waals surface area contributed by atoms with E-state index in [0.717, 1.165) is 5.56 Å². The SMILES string of the molecule is COc1ccc2c(c1)OC(=O)/C=C(/c1ccc(O)cc1)C(O)C2. The fraction of sp³-hybridized carbons (Fsp3) is 0.167. The minimum Gasteiger partial charge on any atom is -0.508 e. The van der Waals surface area contributed by atoms with E-state index in [1.165, 1.54) is 25.3 Å². The van der Waals surface area contributed by atoms with E-state index in [1.807, 2.05) is 0 Å². The van der Waals surface area contributed by atoms with E-state index in [4.69, 9.17) is 9.47 Å². The zero-order valence-electron chi connectivity index (χ0n) is 12.5. The molecule has 2 aromatic rings. The van der Waals surface area contributed by atoms with Crippen molar-refractivity contribution >= 4 is 11.5 Å². The summed E-state index contributed by atoms with van der Waals surface area (Å²) in [6, 6.07) is 11.5. The van der Waals surface area contributed by atoms with Crippen molar-refractivity contribution in [1.29, 1.82) is 0 Å². The first-order valence-electron chi connectivity index (χ1n) is 7.14. The van der Waals surface area contributed by atoms with E-state index in [0.29, 0.717) is 29.1 Å². The number of fused-ring (bicyclic) bond motifs is 1. The second kappa shape index (κ2) is 6.14. The summed E-state index contributed by atoms with van der Waals surface area (Å²) in [5.74, 6) is 0.514. The Labute approximate surface area is 133 Å². The molecule has 1 aliphatic heterocycles. The van der Waals surface area contributed by atoms with Gasteiger partial charge in [-0.3, -0.25) is 0 Å². The average molecular weight is 312 g/mol. The molecule has 5 heteroatoms. The van der Waals surface area contributed by atoms with Gasteiger partial charge in [-0.1, -0.05) is 18.2 Å². The Bertz CT molecular complexity index is 761. The first-order chi connectivity index (χ1) is 11.1. The Kier molecular flexibility index (Phi) is 4.04. The predicted octanol–water partition coefficient (Wildman–Crippen LogP) is 2.31. The summed E-state index contributed by atoms with van der Waals surface area (Å²) in [6.07, 6.45) is 0.721. The fourth-order valence-corrected chi connectivity index (χ4v) is 2.53. The van der Waals surface area contributed by atoms with Crippen LogP contribution in [0.4, 0.5) is 0 Å². The summed E-state index contributed by atoms with van der Waals surface area (Å²) in [5, 5.41) is 19.9. The number of phenols is 1. The van der Waals surface area contributed by atoms with E-state index >= 15 is 0 Å². The molecule has 1 heterocycles. The van der Waals surface area contributed by atoms with Crippen LogP contribution >= 0.6 is 0 Å². The number of esters is 1. The average Bonchev–Trinajstić information content (AvgIpc) is 2.54. The number of aliphatic hydroxyl groups excluding tert-OH is 1. The summed E-state index contributed by atoms with van der Waals surface area (Å²) < 4.78 is 10.5. The molecular formula is C18H16O5. The molecule has 0 radical (unpaired) electrons. The van der Waals surface area contributed by atoms with Crippen LogP contribution < -0.4 is 9.47 Å². The van der Waals surface area contributed by atoms with Gasteiger partial charge in [0.15, 0.2) is 0 Å². The molecule has 1 unspecified atom stereocenters. The van der Waals surface area contributed by atoms with E-state index < -0.39 is 12.1 Å². The minimum absolute atomic E-state index is 0.120. The Morgan fingerprint density at radius 2 is 1.91 bits per heavy atom. The van der Waals surface area contributed by atoms with E-state index in [1.54, 1.807) is 30.3 Å². The van der Waals surface area contributed by atoms with Crippen molar-refractivity contribution < 1.29 is 24.5 Å². The molecule has 2 N–H and O–H groups in total. The lowest BCUT2D eigenvalue weighted by atomic mass is 9.94. The highest BCUT2D eigenvalue weighted by Crippen LogP contribution is 2.31. The highest BCUT2D eigenvalue weighted by Gasteiger charge is 2.22. The van der Waals surface area contributed by atoms with Gasteiger partial charge in [0.05, 0.1) is 13.2 Å². The number of benzene rings is 2. The van der Waals surface area contributed by atoms with Gasteiger partial charge in [0, 0.05) is 18.6 Å². The monoisotopic (exact) mass is 312 g/mol. The molecule has 0 saturated carbocycles. The van der Waals surface area contributed by atoms with Crippen LogP contribution in [0.1, 0.15) is 11.1 Å². The topological polar surface area (TPSA) is 76.0 Å². The number of methoxy groups -OCH3 is 1. The highest BCUT2D eigenvalue weighted by atomic mass is 16.5. The molecule has 0 fully saturated rings. The van der Waals surface area contributed by atoms with Crippen LogP contribution in [0.3, 0.4) is 0 Å². The van der Waals surface area contributed by atoms with Crippen molar-refractivity contribution in [2.75, 3.05) is 7.11 Å². The van der Waals surface area contributed by atoms with E-state index in [2.05, 4.69) is 0 Å². The summed E-state index contributed by atoms with van der Waals surface area (Å²) in [5.41, 5.74) is 1.83. The maximum Gasteiger partial charge on any atom is 0.336 e. The van der Waals surface area contributed by atoms with Crippen molar-refractivity contribution in [1.82, 2.24) is 0 Å². The van der Waals surface area contributed by atoms with E-state index in [-0.39, 0.29) is 5.75 Å². The third-order valence-electron chi connectivity index (χ3n) is 3.73. The van der Waals surface area contributed by atoms with Crippen LogP contribution in [-0.2, 0) is 11.2 Å². The van der Waals surface area contributed by atoms with Crippen LogP contribution in [0.15, 0.2) is 48.5 Å². The first kappa shape index (κ1) is 15.1. The third-order valence-corrected chi connectivity index (χ3v) is 3.73. The molecule has 0 saturated heterocycles. The summed E-state index contributed by atoms with van der Waals surface area (Å²) in [6.45, 7) is 0. The molecule has 118 valence electrons. The number of aliphatic hydroxyl groups is 1. The summed E-state index contributed by atoms with van der Waals surface area (Å²) >= 11 is 0.